The lowest BCUT2D eigenvalue weighted by molar-refractivity contribution is 0.911. The summed E-state index contributed by atoms with van der Waals surface area (Å²) in [4.78, 5) is 4.45. The van der Waals surface area contributed by atoms with E-state index in [9.17, 15) is 0 Å². The number of aryl methyl sites for hydroxylation is 3. The van der Waals surface area contributed by atoms with Crippen molar-refractivity contribution in [3.05, 3.63) is 41.2 Å². The lowest BCUT2D eigenvalue weighted by Crippen LogP contribution is -2.01. The predicted molar refractivity (Wildman–Crippen MR) is 69.9 cm³/mol. The van der Waals surface area contributed by atoms with Gasteiger partial charge in [0.1, 0.15) is 0 Å². The van der Waals surface area contributed by atoms with Gasteiger partial charge in [-0.05, 0) is 49.4 Å². The van der Waals surface area contributed by atoms with E-state index in [1.54, 1.807) is 0 Å². The zero-order chi connectivity index (χ0) is 11.8. The van der Waals surface area contributed by atoms with E-state index in [1.807, 2.05) is 14.0 Å². The Hall–Kier alpha value is -1.77. The highest BCUT2D eigenvalue weighted by Crippen LogP contribution is 2.25. The molecule has 2 aromatic rings. The van der Waals surface area contributed by atoms with Crippen molar-refractivity contribution >= 4 is 5.95 Å². The largest absolute Gasteiger partial charge is 0.358 e. The first kappa shape index (κ1) is 10.4. The summed E-state index contributed by atoms with van der Waals surface area (Å²) in [6.07, 6.45) is 5.81. The lowest BCUT2D eigenvalue weighted by Gasteiger charge is -2.09. The van der Waals surface area contributed by atoms with E-state index in [-0.39, 0.29) is 0 Å². The molecule has 1 aliphatic carbocycles. The standard InChI is InChI=1S/C14H17N3/c1-10-9-17(14(15-2)16-10)13-7-6-11-4-3-5-12(11)8-13/h6-9H,3-5H2,1-2H3,(H,15,16). The smallest absolute Gasteiger partial charge is 0.207 e. The Morgan fingerprint density at radius 2 is 2.06 bits per heavy atom. The minimum absolute atomic E-state index is 0.903. The van der Waals surface area contributed by atoms with Crippen molar-refractivity contribution in [3.8, 4) is 5.69 Å². The van der Waals surface area contributed by atoms with Crippen molar-refractivity contribution in [2.75, 3.05) is 12.4 Å². The van der Waals surface area contributed by atoms with Crippen molar-refractivity contribution < 1.29 is 0 Å². The van der Waals surface area contributed by atoms with Crippen LogP contribution >= 0.6 is 0 Å². The zero-order valence-electron chi connectivity index (χ0n) is 10.3. The zero-order valence-corrected chi connectivity index (χ0v) is 10.3. The molecule has 1 aromatic carbocycles. The van der Waals surface area contributed by atoms with E-state index in [0.29, 0.717) is 0 Å². The number of benzene rings is 1. The van der Waals surface area contributed by atoms with Crippen LogP contribution in [0.3, 0.4) is 0 Å². The van der Waals surface area contributed by atoms with Gasteiger partial charge in [0, 0.05) is 18.9 Å². The highest BCUT2D eigenvalue weighted by Gasteiger charge is 2.13. The first-order chi connectivity index (χ1) is 8.28. The number of nitrogens with zero attached hydrogens (tertiary/aromatic N) is 2. The third-order valence-electron chi connectivity index (χ3n) is 3.41. The number of aromatic nitrogens is 2. The van der Waals surface area contributed by atoms with Crippen LogP contribution in [-0.2, 0) is 12.8 Å². The first-order valence-electron chi connectivity index (χ1n) is 6.14. The van der Waals surface area contributed by atoms with Gasteiger partial charge in [-0.25, -0.2) is 4.98 Å². The molecule has 0 saturated carbocycles. The molecular weight excluding hydrogens is 210 g/mol. The summed E-state index contributed by atoms with van der Waals surface area (Å²) in [6, 6.07) is 6.74. The van der Waals surface area contributed by atoms with E-state index in [1.165, 1.54) is 36.1 Å². The summed E-state index contributed by atoms with van der Waals surface area (Å²) in [5.74, 6) is 0.903. The number of hydrogen-bond donors (Lipinski definition) is 1. The Morgan fingerprint density at radius 3 is 2.88 bits per heavy atom. The molecule has 0 amide bonds. The Balaban J connectivity index is 2.08. The maximum Gasteiger partial charge on any atom is 0.207 e. The van der Waals surface area contributed by atoms with Gasteiger partial charge in [0.2, 0.25) is 5.95 Å². The molecule has 3 heteroatoms. The molecule has 1 heterocycles. The van der Waals surface area contributed by atoms with Gasteiger partial charge in [0.15, 0.2) is 0 Å². The molecule has 0 spiro atoms. The van der Waals surface area contributed by atoms with Crippen molar-refractivity contribution in [1.29, 1.82) is 0 Å². The number of fused-ring (bicyclic) bond motifs is 1. The number of rotatable bonds is 2. The van der Waals surface area contributed by atoms with E-state index in [4.69, 9.17) is 0 Å². The van der Waals surface area contributed by atoms with Crippen LogP contribution < -0.4 is 5.32 Å². The number of anilines is 1. The van der Waals surface area contributed by atoms with Crippen molar-refractivity contribution in [2.45, 2.75) is 26.2 Å². The Kier molecular flexibility index (Phi) is 2.39. The van der Waals surface area contributed by atoms with E-state index >= 15 is 0 Å². The van der Waals surface area contributed by atoms with Crippen molar-refractivity contribution in [1.82, 2.24) is 9.55 Å². The molecule has 0 fully saturated rings. The summed E-state index contributed by atoms with van der Waals surface area (Å²) in [5, 5.41) is 3.13. The molecule has 0 atom stereocenters. The van der Waals surface area contributed by atoms with Crippen LogP contribution in [0.4, 0.5) is 5.95 Å². The molecule has 88 valence electrons. The van der Waals surface area contributed by atoms with Crippen LogP contribution in [0.15, 0.2) is 24.4 Å². The minimum atomic E-state index is 0.903. The summed E-state index contributed by atoms with van der Waals surface area (Å²) in [7, 11) is 1.91. The molecular formula is C14H17N3. The molecule has 3 rings (SSSR count). The van der Waals surface area contributed by atoms with Crippen LogP contribution in [-0.4, -0.2) is 16.6 Å². The summed E-state index contributed by atoms with van der Waals surface area (Å²) in [6.45, 7) is 2.02. The second-order valence-electron chi connectivity index (χ2n) is 4.63. The molecule has 1 aliphatic rings. The first-order valence-corrected chi connectivity index (χ1v) is 6.14. The molecule has 3 nitrogen and oxygen atoms in total. The fourth-order valence-electron chi connectivity index (χ4n) is 2.58. The Bertz CT molecular complexity index is 555. The van der Waals surface area contributed by atoms with Crippen molar-refractivity contribution in [2.24, 2.45) is 0 Å². The van der Waals surface area contributed by atoms with Gasteiger partial charge in [0.05, 0.1) is 5.69 Å². The molecule has 1 aromatic heterocycles. The summed E-state index contributed by atoms with van der Waals surface area (Å²) < 4.78 is 2.12. The van der Waals surface area contributed by atoms with Gasteiger partial charge >= 0.3 is 0 Å². The third-order valence-corrected chi connectivity index (χ3v) is 3.41. The lowest BCUT2D eigenvalue weighted by atomic mass is 10.1. The van der Waals surface area contributed by atoms with Crippen LogP contribution in [0.2, 0.25) is 0 Å². The third kappa shape index (κ3) is 1.71. The number of nitrogens with one attached hydrogen (secondary N) is 1. The van der Waals surface area contributed by atoms with E-state index in [2.05, 4.69) is 39.3 Å². The fraction of sp³-hybridized carbons (Fsp3) is 0.357. The maximum atomic E-state index is 4.45. The fourth-order valence-corrected chi connectivity index (χ4v) is 2.58. The van der Waals surface area contributed by atoms with Gasteiger partial charge in [-0.15, -0.1) is 0 Å². The van der Waals surface area contributed by atoms with Crippen LogP contribution in [0.5, 0.6) is 0 Å². The van der Waals surface area contributed by atoms with E-state index < -0.39 is 0 Å². The summed E-state index contributed by atoms with van der Waals surface area (Å²) in [5.41, 5.74) is 5.25. The topological polar surface area (TPSA) is 29.9 Å². The SMILES string of the molecule is CNc1nc(C)cn1-c1ccc2c(c1)CCC2. The van der Waals surface area contributed by atoms with Gasteiger partial charge in [0.25, 0.3) is 0 Å². The maximum absolute atomic E-state index is 4.45. The van der Waals surface area contributed by atoms with E-state index in [0.717, 1.165) is 11.6 Å². The molecule has 1 N–H and O–H groups in total. The predicted octanol–water partition coefficient (Wildman–Crippen LogP) is 2.71. The molecule has 0 bridgehead atoms. The molecule has 0 saturated heterocycles. The molecule has 0 radical (unpaired) electrons. The highest BCUT2D eigenvalue weighted by atomic mass is 15.2. The quantitative estimate of drug-likeness (QED) is 0.855. The molecule has 0 aliphatic heterocycles. The Morgan fingerprint density at radius 1 is 1.24 bits per heavy atom. The Labute approximate surface area is 101 Å². The minimum Gasteiger partial charge on any atom is -0.358 e. The number of imidazole rings is 1. The van der Waals surface area contributed by atoms with Gasteiger partial charge in [-0.1, -0.05) is 6.07 Å². The highest BCUT2D eigenvalue weighted by molar-refractivity contribution is 5.47. The van der Waals surface area contributed by atoms with Gasteiger partial charge < -0.3 is 5.32 Å². The average Bonchev–Trinajstić information content (AvgIpc) is 2.93. The summed E-state index contributed by atoms with van der Waals surface area (Å²) >= 11 is 0. The number of hydrogen-bond acceptors (Lipinski definition) is 2. The van der Waals surface area contributed by atoms with Gasteiger partial charge in [-0.3, -0.25) is 4.57 Å². The van der Waals surface area contributed by atoms with Crippen LogP contribution in [0.25, 0.3) is 5.69 Å². The van der Waals surface area contributed by atoms with Crippen LogP contribution in [0.1, 0.15) is 23.2 Å². The molecule has 17 heavy (non-hydrogen) atoms. The molecule has 0 unspecified atom stereocenters. The second-order valence-corrected chi connectivity index (χ2v) is 4.63. The normalized spacial score (nSPS) is 13.8. The van der Waals surface area contributed by atoms with Crippen LogP contribution in [0, 0.1) is 6.92 Å². The average molecular weight is 227 g/mol. The second kappa shape index (κ2) is 3.91. The van der Waals surface area contributed by atoms with Crippen molar-refractivity contribution in [3.63, 3.8) is 0 Å². The van der Waals surface area contributed by atoms with Gasteiger partial charge in [-0.2, -0.15) is 0 Å². The monoisotopic (exact) mass is 227 g/mol.